The van der Waals surface area contributed by atoms with Gasteiger partial charge >= 0.3 is 5.97 Å². The van der Waals surface area contributed by atoms with Crippen LogP contribution in [0.1, 0.15) is 26.2 Å². The van der Waals surface area contributed by atoms with E-state index >= 15 is 0 Å². The quantitative estimate of drug-likeness (QED) is 0.624. The van der Waals surface area contributed by atoms with Crippen LogP contribution < -0.4 is 5.32 Å². The predicted octanol–water partition coefficient (Wildman–Crippen LogP) is -0.412. The van der Waals surface area contributed by atoms with Gasteiger partial charge in [0.1, 0.15) is 6.04 Å². The molecule has 1 unspecified atom stereocenters. The van der Waals surface area contributed by atoms with Crippen LogP contribution in [-0.2, 0) is 14.4 Å². The molecule has 16 heavy (non-hydrogen) atoms. The van der Waals surface area contributed by atoms with E-state index in [1.54, 1.807) is 0 Å². The van der Waals surface area contributed by atoms with Crippen LogP contribution in [0.4, 0.5) is 0 Å². The van der Waals surface area contributed by atoms with Crippen LogP contribution in [0, 0.1) is 0 Å². The number of piperazine rings is 1. The second-order valence-electron chi connectivity index (χ2n) is 3.87. The summed E-state index contributed by atoms with van der Waals surface area (Å²) in [6.07, 6.45) is 2.12. The number of nitrogens with zero attached hydrogens (tertiary/aromatic N) is 1. The number of rotatable bonds is 5. The predicted molar refractivity (Wildman–Crippen MR) is 55.7 cm³/mol. The summed E-state index contributed by atoms with van der Waals surface area (Å²) < 4.78 is 0. The molecule has 0 spiro atoms. The standard InChI is InChI=1S/C10H16N2O4/c1-2-3-4-7(10(15)16)12-5-8(13)11-9(14)6-12/h7H,2-6H2,1H3,(H,15,16)(H,11,13,14). The van der Waals surface area contributed by atoms with Gasteiger partial charge in [-0.3, -0.25) is 24.6 Å². The summed E-state index contributed by atoms with van der Waals surface area (Å²) in [7, 11) is 0. The SMILES string of the molecule is CCCCC(C(=O)O)N1CC(=O)NC(=O)C1. The molecule has 1 aliphatic rings. The van der Waals surface area contributed by atoms with E-state index in [0.29, 0.717) is 6.42 Å². The van der Waals surface area contributed by atoms with Crippen molar-refractivity contribution in [1.82, 2.24) is 10.2 Å². The van der Waals surface area contributed by atoms with Crippen molar-refractivity contribution in [3.63, 3.8) is 0 Å². The molecule has 0 radical (unpaired) electrons. The molecule has 0 aromatic carbocycles. The second-order valence-corrected chi connectivity index (χ2v) is 3.87. The molecule has 1 rings (SSSR count). The molecule has 2 amide bonds. The van der Waals surface area contributed by atoms with E-state index in [2.05, 4.69) is 5.32 Å². The first kappa shape index (κ1) is 12.6. The van der Waals surface area contributed by atoms with Crippen molar-refractivity contribution in [2.24, 2.45) is 0 Å². The summed E-state index contributed by atoms with van der Waals surface area (Å²) in [4.78, 5) is 34.7. The molecule has 90 valence electrons. The summed E-state index contributed by atoms with van der Waals surface area (Å²) in [5, 5.41) is 11.2. The van der Waals surface area contributed by atoms with Gasteiger partial charge in [-0.15, -0.1) is 0 Å². The number of carboxylic acids is 1. The summed E-state index contributed by atoms with van der Waals surface area (Å²) in [5.74, 6) is -1.84. The molecule has 0 saturated carbocycles. The fourth-order valence-corrected chi connectivity index (χ4v) is 1.74. The van der Waals surface area contributed by atoms with E-state index < -0.39 is 23.8 Å². The van der Waals surface area contributed by atoms with Crippen molar-refractivity contribution >= 4 is 17.8 Å². The van der Waals surface area contributed by atoms with Gasteiger partial charge in [-0.2, -0.15) is 0 Å². The average Bonchev–Trinajstić information content (AvgIpc) is 2.16. The Morgan fingerprint density at radius 1 is 1.44 bits per heavy atom. The monoisotopic (exact) mass is 228 g/mol. The summed E-state index contributed by atoms with van der Waals surface area (Å²) in [5.41, 5.74) is 0. The Balaban J connectivity index is 2.65. The van der Waals surface area contributed by atoms with Crippen molar-refractivity contribution in [3.05, 3.63) is 0 Å². The van der Waals surface area contributed by atoms with Crippen LogP contribution in [0.25, 0.3) is 0 Å². The number of carboxylic acid groups (broad SMARTS) is 1. The molecular weight excluding hydrogens is 212 g/mol. The normalized spacial score (nSPS) is 19.3. The van der Waals surface area contributed by atoms with E-state index in [1.165, 1.54) is 4.90 Å². The lowest BCUT2D eigenvalue weighted by molar-refractivity contribution is -0.147. The van der Waals surface area contributed by atoms with E-state index in [9.17, 15) is 14.4 Å². The Kier molecular flexibility index (Phi) is 4.42. The molecule has 0 aromatic rings. The highest BCUT2D eigenvalue weighted by atomic mass is 16.4. The van der Waals surface area contributed by atoms with Crippen molar-refractivity contribution in [2.75, 3.05) is 13.1 Å². The molecule has 6 heteroatoms. The Morgan fingerprint density at radius 3 is 2.44 bits per heavy atom. The highest BCUT2D eigenvalue weighted by Gasteiger charge is 2.31. The van der Waals surface area contributed by atoms with Crippen molar-refractivity contribution in [3.8, 4) is 0 Å². The van der Waals surface area contributed by atoms with Crippen LogP contribution in [0.5, 0.6) is 0 Å². The lowest BCUT2D eigenvalue weighted by atomic mass is 10.1. The Labute approximate surface area is 93.6 Å². The summed E-state index contributed by atoms with van der Waals surface area (Å²) in [6.45, 7) is 1.92. The molecule has 1 saturated heterocycles. The van der Waals surface area contributed by atoms with Crippen molar-refractivity contribution < 1.29 is 19.5 Å². The topological polar surface area (TPSA) is 86.7 Å². The number of unbranched alkanes of at least 4 members (excludes halogenated alkanes) is 1. The zero-order chi connectivity index (χ0) is 12.1. The van der Waals surface area contributed by atoms with Gasteiger partial charge in [0.25, 0.3) is 0 Å². The Morgan fingerprint density at radius 2 is 2.00 bits per heavy atom. The van der Waals surface area contributed by atoms with Crippen LogP contribution in [-0.4, -0.2) is 46.9 Å². The van der Waals surface area contributed by atoms with Crippen LogP contribution in [0.3, 0.4) is 0 Å². The molecule has 0 bridgehead atoms. The number of imide groups is 1. The van der Waals surface area contributed by atoms with Crippen molar-refractivity contribution in [1.29, 1.82) is 0 Å². The molecule has 1 fully saturated rings. The zero-order valence-corrected chi connectivity index (χ0v) is 9.23. The van der Waals surface area contributed by atoms with Gasteiger partial charge in [-0.05, 0) is 6.42 Å². The van der Waals surface area contributed by atoms with Gasteiger partial charge in [0, 0.05) is 0 Å². The van der Waals surface area contributed by atoms with E-state index in [0.717, 1.165) is 12.8 Å². The highest BCUT2D eigenvalue weighted by Crippen LogP contribution is 2.10. The lowest BCUT2D eigenvalue weighted by Gasteiger charge is -2.30. The number of amides is 2. The molecule has 6 nitrogen and oxygen atoms in total. The highest BCUT2D eigenvalue weighted by molar-refractivity contribution is 5.99. The maximum atomic E-state index is 11.1. The first-order valence-electron chi connectivity index (χ1n) is 5.34. The molecule has 0 aliphatic carbocycles. The number of hydrogen-bond acceptors (Lipinski definition) is 4. The lowest BCUT2D eigenvalue weighted by Crippen LogP contribution is -2.56. The Bertz CT molecular complexity index is 287. The third-order valence-electron chi connectivity index (χ3n) is 2.53. The number of carbonyl (C=O) groups is 3. The van der Waals surface area contributed by atoms with Gasteiger partial charge in [0.05, 0.1) is 13.1 Å². The minimum Gasteiger partial charge on any atom is -0.480 e. The van der Waals surface area contributed by atoms with Crippen LogP contribution >= 0.6 is 0 Å². The zero-order valence-electron chi connectivity index (χ0n) is 9.23. The first-order chi connectivity index (χ1) is 7.54. The third-order valence-corrected chi connectivity index (χ3v) is 2.53. The third kappa shape index (κ3) is 3.30. The van der Waals surface area contributed by atoms with Gasteiger partial charge in [-0.1, -0.05) is 19.8 Å². The number of nitrogens with one attached hydrogen (secondary N) is 1. The molecule has 1 atom stereocenters. The van der Waals surface area contributed by atoms with E-state index in [4.69, 9.17) is 5.11 Å². The largest absolute Gasteiger partial charge is 0.480 e. The van der Waals surface area contributed by atoms with Crippen LogP contribution in [0.2, 0.25) is 0 Å². The van der Waals surface area contributed by atoms with Crippen molar-refractivity contribution in [2.45, 2.75) is 32.2 Å². The van der Waals surface area contributed by atoms with E-state index in [-0.39, 0.29) is 13.1 Å². The summed E-state index contributed by atoms with van der Waals surface area (Å²) in [6, 6.07) is -0.741. The molecule has 1 heterocycles. The van der Waals surface area contributed by atoms with Gasteiger partial charge in [-0.25, -0.2) is 0 Å². The smallest absolute Gasteiger partial charge is 0.320 e. The molecule has 0 aromatic heterocycles. The molecular formula is C10H16N2O4. The minimum absolute atomic E-state index is 0.0214. The van der Waals surface area contributed by atoms with Crippen LogP contribution in [0.15, 0.2) is 0 Å². The minimum atomic E-state index is -0.976. The number of aliphatic carboxylic acids is 1. The fourth-order valence-electron chi connectivity index (χ4n) is 1.74. The number of carbonyl (C=O) groups excluding carboxylic acids is 2. The van der Waals surface area contributed by atoms with Gasteiger partial charge in [0.15, 0.2) is 0 Å². The Hall–Kier alpha value is -1.43. The molecule has 2 N–H and O–H groups in total. The average molecular weight is 228 g/mol. The maximum Gasteiger partial charge on any atom is 0.320 e. The summed E-state index contributed by atoms with van der Waals surface area (Å²) >= 11 is 0. The maximum absolute atomic E-state index is 11.1. The molecule has 1 aliphatic heterocycles. The van der Waals surface area contributed by atoms with Gasteiger partial charge < -0.3 is 5.11 Å². The number of hydrogen-bond donors (Lipinski definition) is 2. The first-order valence-corrected chi connectivity index (χ1v) is 5.34. The fraction of sp³-hybridized carbons (Fsp3) is 0.700. The van der Waals surface area contributed by atoms with E-state index in [1.807, 2.05) is 6.92 Å². The van der Waals surface area contributed by atoms with Gasteiger partial charge in [0.2, 0.25) is 11.8 Å². The second kappa shape index (κ2) is 5.60.